The second-order valence-corrected chi connectivity index (χ2v) is 35.5. The molecule has 0 bridgehead atoms. The zero-order valence-corrected chi connectivity index (χ0v) is 69.2. The maximum Gasteiger partial charge on any atom is 0.303 e. The lowest BCUT2D eigenvalue weighted by molar-refractivity contribution is -0.163. The molecule has 4 aromatic carbocycles. The van der Waals surface area contributed by atoms with Crippen molar-refractivity contribution >= 4 is 5.97 Å². The number of ether oxygens (including phenoxy) is 12. The number of carbonyl (C=O) groups is 1. The molecule has 7 saturated heterocycles. The summed E-state index contributed by atoms with van der Waals surface area (Å²) in [6.45, 7) is 28.0. The lowest BCUT2D eigenvalue weighted by Crippen LogP contribution is -2.49. The molecule has 0 radical (unpaired) electrons. The van der Waals surface area contributed by atoms with Gasteiger partial charge in [-0.05, 0) is 126 Å². The van der Waals surface area contributed by atoms with E-state index in [1.165, 1.54) is 6.92 Å². The summed E-state index contributed by atoms with van der Waals surface area (Å²) in [5.74, 6) is 1.16. The molecule has 0 aromatic heterocycles. The third-order valence-corrected chi connectivity index (χ3v) is 27.0. The number of hydrogen-bond donors (Lipinski definition) is 6. The van der Waals surface area contributed by atoms with Gasteiger partial charge in [0.15, 0.2) is 36.4 Å². The van der Waals surface area contributed by atoms with Gasteiger partial charge in [0.25, 0.3) is 0 Å². The van der Waals surface area contributed by atoms with E-state index in [1.54, 1.807) is 27.7 Å². The van der Waals surface area contributed by atoms with Gasteiger partial charge in [-0.1, -0.05) is 205 Å². The fraction of sp³-hybridized carbons (Fsp3) is 0.624. The Balaban J connectivity index is 0.000000119. The third-order valence-electron chi connectivity index (χ3n) is 27.0. The fourth-order valence-electron chi connectivity index (χ4n) is 20.3. The summed E-state index contributed by atoms with van der Waals surface area (Å²) >= 11 is 0. The molecule has 8 aliphatic carbocycles. The van der Waals surface area contributed by atoms with Crippen molar-refractivity contribution in [2.75, 3.05) is 0 Å². The van der Waals surface area contributed by atoms with Crippen LogP contribution >= 0.6 is 0 Å². The number of benzene rings is 4. The SMILES string of the molecule is CC(=O)O[C@H]1[C@H](C)O[C@@H]2[C@H](C)C=C[C@@]21OCc1ccccc1.CC1=CC[C@@]2(O)[C@@H]1O[C@@H](C)[C@@H]2F.C[C@@H]1C=C[C@@]2(OCc3ccccc3)[C@@H]1O[C@@H](C)[C@@H]2F.C[C@@H]1C=C[C@@]2(OCc3ccccc3)[C@@H]1O[C@@H](C)[C@@H]2O.C[C@@H]1C=C[C@]2(OCc3ccccc3)[C@H](O)[C@H](C)O[C@H]12.C[C@@H]1O[C@@H]2[C@@]3(C)C[C@H]3C[C@]2(O)[C@H]1F.C[C@@H]1O[C@@H]2[C@H](O)CC[C@]2(O)[C@H]1F. The predicted molar refractivity (Wildman–Crippen MR) is 426 cm³/mol. The van der Waals surface area contributed by atoms with Crippen molar-refractivity contribution in [2.45, 2.75) is 329 Å². The highest BCUT2D eigenvalue weighted by Crippen LogP contribution is 2.70. The van der Waals surface area contributed by atoms with Crippen LogP contribution in [0.2, 0.25) is 0 Å². The van der Waals surface area contributed by atoms with Crippen LogP contribution in [0.4, 0.5) is 17.6 Å². The molecule has 19 nitrogen and oxygen atoms in total. The smallest absolute Gasteiger partial charge is 0.303 e. The van der Waals surface area contributed by atoms with Gasteiger partial charge >= 0.3 is 5.97 Å². The topological polar surface area (TPSA) is 249 Å². The standard InChI is InChI=1S/C18H22O4.C16H19FO2.2C16H20O3.C10H15FO2.C9H13FO2.C8H13FO3/c1-12-9-10-18(20-11-15-7-5-4-6-8-15)16(12)21-13(2)17(18)22-14(3)19;3*1-11-8-9-16(14(17)12(2)19-15(11)16)18-10-13-6-4-3-5-7-13;1-5-7(11)10(12)4-6-3-9(6,2)8(10)13-5;1-5-3-4-9(11)7(10)6(2)12-8(5)9;1-4-6(9)8(11)3-2-5(10)7(8)12-4/h4-10,12-13,16-17H,11H2,1-3H3;3-9,11-12,14-15H,10H2,1-2H3;2*3-9,11-12,14-15,17H,10H2,1-2H3;5-8,12H,3-4H2,1-2H3;3,6-8,11H,4H2,1-2H3;4-7,10-11H,2-3H2,1H3/t12-,13+,16-,17+,18-;2*11-,12+,14+,15-,16+;11-,12+,14-,15-,16+;5-,6-,7-,8+,9-,10-;6-,7-,8+,9-;4-,5+,6-,7+,8-/m1111000/s1. The summed E-state index contributed by atoms with van der Waals surface area (Å²) in [6.07, 6.45) is 9.10. The molecule has 116 heavy (non-hydrogen) atoms. The van der Waals surface area contributed by atoms with Gasteiger partial charge in [0.1, 0.15) is 64.1 Å². The molecule has 6 N–H and O–H groups in total. The molecule has 23 heteroatoms. The van der Waals surface area contributed by atoms with Gasteiger partial charge in [0, 0.05) is 37.0 Å². The van der Waals surface area contributed by atoms with E-state index in [2.05, 4.69) is 45.9 Å². The monoisotopic (exact) mass is 1620 g/mol. The Morgan fingerprint density at radius 3 is 1.22 bits per heavy atom. The van der Waals surface area contributed by atoms with Gasteiger partial charge in [-0.15, -0.1) is 0 Å². The highest BCUT2D eigenvalue weighted by molar-refractivity contribution is 5.66. The zero-order chi connectivity index (χ0) is 83.4. The van der Waals surface area contributed by atoms with Crippen LogP contribution < -0.4 is 0 Å². The third kappa shape index (κ3) is 16.5. The van der Waals surface area contributed by atoms with Crippen LogP contribution in [-0.2, 0) is 88.1 Å². The van der Waals surface area contributed by atoms with E-state index in [0.717, 1.165) is 34.2 Å². The maximum absolute atomic E-state index is 14.5. The first-order valence-corrected chi connectivity index (χ1v) is 41.7. The summed E-state index contributed by atoms with van der Waals surface area (Å²) in [4.78, 5) is 11.5. The van der Waals surface area contributed by atoms with Gasteiger partial charge < -0.3 is 87.5 Å². The molecule has 3 saturated carbocycles. The van der Waals surface area contributed by atoms with Crippen molar-refractivity contribution in [1.29, 1.82) is 0 Å². The van der Waals surface area contributed by atoms with Crippen molar-refractivity contribution in [1.82, 2.24) is 0 Å². The van der Waals surface area contributed by atoms with Crippen LogP contribution in [0.25, 0.3) is 0 Å². The fourth-order valence-corrected chi connectivity index (χ4v) is 20.3. The van der Waals surface area contributed by atoms with Gasteiger partial charge in [0.05, 0.1) is 99.7 Å². The average Bonchev–Trinajstić information content (AvgIpc) is 1.51. The van der Waals surface area contributed by atoms with E-state index >= 15 is 0 Å². The van der Waals surface area contributed by atoms with Crippen molar-refractivity contribution in [2.24, 2.45) is 35.0 Å². The maximum atomic E-state index is 14.5. The molecule has 7 aliphatic heterocycles. The van der Waals surface area contributed by atoms with Crippen LogP contribution in [0.5, 0.6) is 0 Å². The molecular formula is C93H122F4O19. The second-order valence-electron chi connectivity index (χ2n) is 35.5. The van der Waals surface area contributed by atoms with Gasteiger partial charge in [-0.3, -0.25) is 4.79 Å². The number of carbonyl (C=O) groups excluding carboxylic acids is 1. The summed E-state index contributed by atoms with van der Waals surface area (Å²) in [5.41, 5.74) is -1.48. The van der Waals surface area contributed by atoms with Crippen molar-refractivity contribution < 1.29 is 110 Å². The molecule has 4 aromatic rings. The molecular weight excluding hydrogens is 1500 g/mol. The normalized spacial score (nSPS) is 46.1. The van der Waals surface area contributed by atoms with Crippen molar-refractivity contribution in [3.63, 3.8) is 0 Å². The number of hydrogen-bond acceptors (Lipinski definition) is 19. The Labute approximate surface area is 680 Å². The highest BCUT2D eigenvalue weighted by Gasteiger charge is 2.76. The summed E-state index contributed by atoms with van der Waals surface area (Å²) in [5, 5.41) is 60.0. The minimum absolute atomic E-state index is 0.0733. The zero-order valence-electron chi connectivity index (χ0n) is 69.2. The van der Waals surface area contributed by atoms with Crippen LogP contribution in [0.1, 0.15) is 151 Å². The Morgan fingerprint density at radius 1 is 0.431 bits per heavy atom. The number of halogens is 4. The van der Waals surface area contributed by atoms with E-state index in [9.17, 15) is 53.0 Å². The first kappa shape index (κ1) is 87.9. The van der Waals surface area contributed by atoms with Crippen molar-refractivity contribution in [3.8, 4) is 0 Å². The molecule has 636 valence electrons. The number of aliphatic hydroxyl groups excluding tert-OH is 3. The Bertz CT molecular complexity index is 3890. The second kappa shape index (κ2) is 34.9. The lowest BCUT2D eigenvalue weighted by Gasteiger charge is -2.33. The summed E-state index contributed by atoms with van der Waals surface area (Å²) in [7, 11) is 0. The molecule has 0 amide bonds. The quantitative estimate of drug-likeness (QED) is 0.0414. The molecule has 19 rings (SSSR count). The average molecular weight is 1620 g/mol. The van der Waals surface area contributed by atoms with Gasteiger partial charge in [-0.25, -0.2) is 17.6 Å². The van der Waals surface area contributed by atoms with Gasteiger partial charge in [-0.2, -0.15) is 0 Å². The summed E-state index contributed by atoms with van der Waals surface area (Å²) in [6, 6.07) is 39.9. The molecule has 35 atom stereocenters. The van der Waals surface area contributed by atoms with E-state index < -0.39 is 125 Å². The lowest BCUT2D eigenvalue weighted by atomic mass is 9.88. The molecule has 7 heterocycles. The minimum Gasteiger partial charge on any atom is -0.456 e. The number of esters is 1. The largest absolute Gasteiger partial charge is 0.456 e. The number of fused-ring (bicyclic) bond motifs is 9. The van der Waals surface area contributed by atoms with Crippen molar-refractivity contribution in [3.05, 3.63) is 204 Å². The molecule has 10 fully saturated rings. The van der Waals surface area contributed by atoms with E-state index in [-0.39, 0.29) is 83.9 Å². The minimum atomic E-state index is -1.43. The number of rotatable bonds is 13. The first-order valence-electron chi connectivity index (χ1n) is 41.7. The Morgan fingerprint density at radius 2 is 0.784 bits per heavy atom. The van der Waals surface area contributed by atoms with Crippen LogP contribution in [0, 0.1) is 35.0 Å². The van der Waals surface area contributed by atoms with Gasteiger partial charge in [0.2, 0.25) is 0 Å². The Hall–Kier alpha value is -5.91. The number of alkyl halides is 4. The van der Waals surface area contributed by atoms with E-state index in [4.69, 9.17) is 56.8 Å². The number of aliphatic hydroxyl groups is 6. The highest BCUT2D eigenvalue weighted by atomic mass is 19.1. The molecule has 0 unspecified atom stereocenters. The van der Waals surface area contributed by atoms with Crippen LogP contribution in [-0.4, -0.2) is 210 Å². The summed E-state index contributed by atoms with van der Waals surface area (Å²) < 4.78 is 124. The predicted octanol–water partition coefficient (Wildman–Crippen LogP) is 13.2. The van der Waals surface area contributed by atoms with Crippen LogP contribution in [0.3, 0.4) is 0 Å². The first-order chi connectivity index (χ1) is 55.0. The van der Waals surface area contributed by atoms with Crippen LogP contribution in [0.15, 0.2) is 182 Å². The van der Waals surface area contributed by atoms with E-state index in [0.29, 0.717) is 58.0 Å². The van der Waals surface area contributed by atoms with E-state index in [1.807, 2.05) is 192 Å². The molecule has 0 spiro atoms. The molecule has 15 aliphatic rings. The Kier molecular flexibility index (Phi) is 26.4.